The van der Waals surface area contributed by atoms with Crippen LogP contribution in [-0.2, 0) is 19.4 Å². The molecule has 0 aromatic heterocycles. The Morgan fingerprint density at radius 2 is 1.67 bits per heavy atom. The third-order valence-electron chi connectivity index (χ3n) is 3.02. The summed E-state index contributed by atoms with van der Waals surface area (Å²) in [6.07, 6.45) is 0.203. The monoisotopic (exact) mass is 233 g/mol. The lowest BCUT2D eigenvalue weighted by Gasteiger charge is -2.32. The van der Waals surface area contributed by atoms with E-state index in [-0.39, 0.29) is 36.0 Å². The molecule has 0 saturated carbocycles. The zero-order valence-corrected chi connectivity index (χ0v) is 9.69. The molecule has 1 fully saturated rings. The highest BCUT2D eigenvalue weighted by Crippen LogP contribution is 2.33. The number of hydrogen-bond donors (Lipinski definition) is 1. The number of ketones is 1. The Bertz CT molecular complexity index is 371. The summed E-state index contributed by atoms with van der Waals surface area (Å²) < 4.78 is 22.5. The summed E-state index contributed by atoms with van der Waals surface area (Å²) >= 11 is 0. The van der Waals surface area contributed by atoms with Gasteiger partial charge in [-0.15, -0.1) is 0 Å². The van der Waals surface area contributed by atoms with Gasteiger partial charge in [-0.25, -0.2) is 8.42 Å². The summed E-state index contributed by atoms with van der Waals surface area (Å²) in [5.41, 5.74) is -1.12. The smallest absolute Gasteiger partial charge is 0.233 e. The molecule has 1 heterocycles. The molecule has 5 nitrogen and oxygen atoms in total. The minimum absolute atomic E-state index is 0.0833. The Labute approximate surface area is 89.2 Å². The third-order valence-corrected chi connectivity index (χ3v) is 4.67. The lowest BCUT2D eigenvalue weighted by atomic mass is 9.77. The second kappa shape index (κ2) is 3.92. The van der Waals surface area contributed by atoms with Gasteiger partial charge >= 0.3 is 0 Å². The summed E-state index contributed by atoms with van der Waals surface area (Å²) in [5.74, 6) is -0.790. The fourth-order valence-corrected chi connectivity index (χ4v) is 3.39. The molecular weight excluding hydrogens is 218 g/mol. The third kappa shape index (κ3) is 2.19. The second-order valence-corrected chi connectivity index (χ2v) is 6.17. The molecule has 1 N–H and O–H groups in total. The molecule has 1 rings (SSSR count). The fourth-order valence-electron chi connectivity index (χ4n) is 1.86. The second-order valence-electron chi connectivity index (χ2n) is 3.87. The molecule has 6 heteroatoms. The van der Waals surface area contributed by atoms with Gasteiger partial charge in [0.2, 0.25) is 5.91 Å². The average Bonchev–Trinajstić information content (AvgIpc) is 2.17. The molecule has 0 aromatic rings. The molecule has 0 radical (unpaired) electrons. The van der Waals surface area contributed by atoms with Crippen LogP contribution in [0.3, 0.4) is 0 Å². The van der Waals surface area contributed by atoms with E-state index in [9.17, 15) is 18.0 Å². The molecule has 1 amide bonds. The van der Waals surface area contributed by atoms with Crippen molar-refractivity contribution in [2.75, 3.05) is 18.6 Å². The number of carbonyl (C=O) groups is 2. The Kier molecular flexibility index (Phi) is 3.18. The van der Waals surface area contributed by atoms with Gasteiger partial charge in [-0.3, -0.25) is 9.59 Å². The summed E-state index contributed by atoms with van der Waals surface area (Å²) in [4.78, 5) is 23.1. The predicted molar refractivity (Wildman–Crippen MR) is 55.1 cm³/mol. The van der Waals surface area contributed by atoms with E-state index in [1.165, 1.54) is 14.0 Å². The standard InChI is InChI=1S/C9H15NO4S/c1-7(11)9(8(12)10-2)3-5-15(13,14)6-4-9/h3-6H2,1-2H3,(H,10,12). The predicted octanol–water partition coefficient (Wildman–Crippen LogP) is -0.484. The van der Waals surface area contributed by atoms with E-state index in [0.29, 0.717) is 0 Å². The molecule has 15 heavy (non-hydrogen) atoms. The molecule has 86 valence electrons. The van der Waals surface area contributed by atoms with Crippen LogP contribution in [0.25, 0.3) is 0 Å². The average molecular weight is 233 g/mol. The normalized spacial score (nSPS) is 23.1. The first-order valence-electron chi connectivity index (χ1n) is 4.78. The Morgan fingerprint density at radius 3 is 2.00 bits per heavy atom. The van der Waals surface area contributed by atoms with Crippen LogP contribution in [0.1, 0.15) is 19.8 Å². The van der Waals surface area contributed by atoms with Crippen LogP contribution in [0.2, 0.25) is 0 Å². The van der Waals surface area contributed by atoms with E-state index in [2.05, 4.69) is 5.32 Å². The van der Waals surface area contributed by atoms with E-state index in [4.69, 9.17) is 0 Å². The highest BCUT2D eigenvalue weighted by atomic mass is 32.2. The maximum absolute atomic E-state index is 11.6. The van der Waals surface area contributed by atoms with Gasteiger partial charge in [0.25, 0.3) is 0 Å². The lowest BCUT2D eigenvalue weighted by molar-refractivity contribution is -0.141. The number of rotatable bonds is 2. The van der Waals surface area contributed by atoms with Crippen LogP contribution in [0, 0.1) is 5.41 Å². The van der Waals surface area contributed by atoms with Crippen molar-refractivity contribution in [1.29, 1.82) is 0 Å². The Morgan fingerprint density at radius 1 is 1.20 bits per heavy atom. The highest BCUT2D eigenvalue weighted by Gasteiger charge is 2.46. The molecule has 1 aliphatic rings. The maximum atomic E-state index is 11.6. The van der Waals surface area contributed by atoms with Crippen LogP contribution in [0.4, 0.5) is 0 Å². The van der Waals surface area contributed by atoms with Crippen LogP contribution >= 0.6 is 0 Å². The first kappa shape index (κ1) is 12.2. The molecule has 0 atom stereocenters. The van der Waals surface area contributed by atoms with Crippen molar-refractivity contribution < 1.29 is 18.0 Å². The number of amides is 1. The molecule has 0 aromatic carbocycles. The van der Waals surface area contributed by atoms with Gasteiger partial charge in [0, 0.05) is 7.05 Å². The van der Waals surface area contributed by atoms with Crippen molar-refractivity contribution in [2.24, 2.45) is 5.41 Å². The number of carbonyl (C=O) groups excluding carboxylic acids is 2. The summed E-state index contributed by atoms with van der Waals surface area (Å²) in [6.45, 7) is 1.34. The quantitative estimate of drug-likeness (QED) is 0.653. The maximum Gasteiger partial charge on any atom is 0.233 e. The van der Waals surface area contributed by atoms with Crippen molar-refractivity contribution in [2.45, 2.75) is 19.8 Å². The minimum Gasteiger partial charge on any atom is -0.358 e. The van der Waals surface area contributed by atoms with Gasteiger partial charge in [0.1, 0.15) is 21.0 Å². The van der Waals surface area contributed by atoms with Crippen LogP contribution < -0.4 is 5.32 Å². The number of sulfone groups is 1. The molecule has 1 saturated heterocycles. The Balaban J connectivity index is 2.97. The largest absolute Gasteiger partial charge is 0.358 e. The molecule has 0 unspecified atom stereocenters. The first-order valence-corrected chi connectivity index (χ1v) is 6.60. The van der Waals surface area contributed by atoms with Gasteiger partial charge in [-0.1, -0.05) is 0 Å². The Hall–Kier alpha value is -0.910. The van der Waals surface area contributed by atoms with Crippen LogP contribution in [0.5, 0.6) is 0 Å². The topological polar surface area (TPSA) is 80.3 Å². The van der Waals surface area contributed by atoms with Crippen molar-refractivity contribution >= 4 is 21.5 Å². The summed E-state index contributed by atoms with van der Waals surface area (Å²) in [7, 11) is -1.61. The summed E-state index contributed by atoms with van der Waals surface area (Å²) in [5, 5.41) is 2.43. The van der Waals surface area contributed by atoms with E-state index >= 15 is 0 Å². The number of Topliss-reactive ketones (excluding diaryl/α,β-unsaturated/α-hetero) is 1. The van der Waals surface area contributed by atoms with Crippen molar-refractivity contribution in [3.8, 4) is 0 Å². The van der Waals surface area contributed by atoms with Crippen LogP contribution in [-0.4, -0.2) is 38.7 Å². The van der Waals surface area contributed by atoms with Gasteiger partial charge < -0.3 is 5.32 Å². The van der Waals surface area contributed by atoms with Gasteiger partial charge in [0.05, 0.1) is 11.5 Å². The van der Waals surface area contributed by atoms with E-state index < -0.39 is 15.3 Å². The molecule has 0 aliphatic carbocycles. The van der Waals surface area contributed by atoms with Crippen molar-refractivity contribution in [3.63, 3.8) is 0 Å². The van der Waals surface area contributed by atoms with E-state index in [1.54, 1.807) is 0 Å². The molecular formula is C9H15NO4S. The zero-order valence-electron chi connectivity index (χ0n) is 8.87. The fraction of sp³-hybridized carbons (Fsp3) is 0.778. The van der Waals surface area contributed by atoms with Crippen molar-refractivity contribution in [1.82, 2.24) is 5.32 Å². The van der Waals surface area contributed by atoms with Crippen molar-refractivity contribution in [3.05, 3.63) is 0 Å². The van der Waals surface area contributed by atoms with E-state index in [0.717, 1.165) is 0 Å². The summed E-state index contributed by atoms with van der Waals surface area (Å²) in [6, 6.07) is 0. The number of nitrogens with one attached hydrogen (secondary N) is 1. The lowest BCUT2D eigenvalue weighted by Crippen LogP contribution is -2.49. The molecule has 0 spiro atoms. The van der Waals surface area contributed by atoms with E-state index in [1.807, 2.05) is 0 Å². The highest BCUT2D eigenvalue weighted by molar-refractivity contribution is 7.91. The van der Waals surface area contributed by atoms with Crippen LogP contribution in [0.15, 0.2) is 0 Å². The minimum atomic E-state index is -3.06. The van der Waals surface area contributed by atoms with Gasteiger partial charge in [-0.2, -0.15) is 0 Å². The zero-order chi connectivity index (χ0) is 11.7. The molecule has 0 bridgehead atoms. The SMILES string of the molecule is CNC(=O)C1(C(C)=O)CCS(=O)(=O)CC1. The first-order chi connectivity index (χ1) is 6.84. The number of hydrogen-bond acceptors (Lipinski definition) is 4. The molecule has 1 aliphatic heterocycles. The van der Waals surface area contributed by atoms with Gasteiger partial charge in [0.15, 0.2) is 0 Å². The van der Waals surface area contributed by atoms with Gasteiger partial charge in [-0.05, 0) is 19.8 Å².